The van der Waals surface area contributed by atoms with Gasteiger partial charge >= 0.3 is 0 Å². The van der Waals surface area contributed by atoms with Gasteiger partial charge in [-0.25, -0.2) is 0 Å². The van der Waals surface area contributed by atoms with Gasteiger partial charge in [0, 0.05) is 25.0 Å². The van der Waals surface area contributed by atoms with Gasteiger partial charge < -0.3 is 15.3 Å². The van der Waals surface area contributed by atoms with E-state index in [9.17, 15) is 20.1 Å². The minimum atomic E-state index is -0.310. The van der Waals surface area contributed by atoms with Crippen molar-refractivity contribution in [3.63, 3.8) is 0 Å². The van der Waals surface area contributed by atoms with Crippen LogP contribution in [-0.4, -0.2) is 40.4 Å². The molecule has 0 saturated heterocycles. The Bertz CT molecular complexity index is 464. The number of carbonyl (C=O) groups is 1. The molecule has 23 heavy (non-hydrogen) atoms. The Labute approximate surface area is 139 Å². The number of aliphatic hydroxyl groups excluding tert-OH is 3. The smallest absolute Gasteiger partial charge is 0.139 e. The van der Waals surface area contributed by atoms with E-state index in [2.05, 4.69) is 13.8 Å². The van der Waals surface area contributed by atoms with Crippen molar-refractivity contribution in [2.24, 2.45) is 34.5 Å². The molecule has 4 nitrogen and oxygen atoms in total. The highest BCUT2D eigenvalue weighted by Gasteiger charge is 2.58. The van der Waals surface area contributed by atoms with Crippen molar-refractivity contribution in [3.8, 4) is 0 Å². The molecule has 3 rings (SSSR count). The third kappa shape index (κ3) is 2.58. The molecule has 0 aliphatic heterocycles. The summed E-state index contributed by atoms with van der Waals surface area (Å²) in [5, 5.41) is 30.0. The van der Waals surface area contributed by atoms with Gasteiger partial charge in [0.05, 0.1) is 6.10 Å². The van der Waals surface area contributed by atoms with Crippen molar-refractivity contribution in [3.05, 3.63) is 0 Å². The first-order valence-corrected chi connectivity index (χ1v) is 9.30. The zero-order valence-electron chi connectivity index (χ0n) is 14.5. The molecule has 3 aliphatic carbocycles. The average Bonchev–Trinajstić information content (AvgIpc) is 2.84. The van der Waals surface area contributed by atoms with Crippen molar-refractivity contribution in [2.45, 2.75) is 64.9 Å². The van der Waals surface area contributed by atoms with E-state index in [1.165, 1.54) is 0 Å². The van der Waals surface area contributed by atoms with Gasteiger partial charge in [-0.05, 0) is 67.6 Å². The molecule has 0 heterocycles. The summed E-state index contributed by atoms with van der Waals surface area (Å²) in [6, 6.07) is 0. The van der Waals surface area contributed by atoms with Crippen molar-refractivity contribution >= 4 is 5.78 Å². The second-order valence-corrected chi connectivity index (χ2v) is 8.79. The SMILES string of the molecule is C[C@]12CCC([C@@]3(C)CC[C@H](O)C[C@@H]3CO)[C@@H](CO)C1CCC2=O. The van der Waals surface area contributed by atoms with Crippen LogP contribution in [0.4, 0.5) is 0 Å². The molecule has 0 aromatic heterocycles. The number of hydrogen-bond donors (Lipinski definition) is 3. The van der Waals surface area contributed by atoms with Crippen molar-refractivity contribution in [2.75, 3.05) is 13.2 Å². The Kier molecular flexibility index (Phi) is 4.63. The van der Waals surface area contributed by atoms with Gasteiger partial charge in [-0.1, -0.05) is 13.8 Å². The van der Waals surface area contributed by atoms with Gasteiger partial charge in [0.1, 0.15) is 5.78 Å². The zero-order chi connectivity index (χ0) is 16.8. The Hall–Kier alpha value is -0.450. The van der Waals surface area contributed by atoms with E-state index in [0.29, 0.717) is 24.5 Å². The number of carbonyl (C=O) groups excluding carboxylic acids is 1. The molecule has 7 atom stereocenters. The summed E-state index contributed by atoms with van der Waals surface area (Å²) in [6.45, 7) is 4.58. The Morgan fingerprint density at radius 3 is 2.43 bits per heavy atom. The fourth-order valence-corrected chi connectivity index (χ4v) is 6.30. The van der Waals surface area contributed by atoms with E-state index in [4.69, 9.17) is 0 Å². The van der Waals surface area contributed by atoms with E-state index < -0.39 is 0 Å². The van der Waals surface area contributed by atoms with Crippen LogP contribution in [0.25, 0.3) is 0 Å². The molecule has 0 aromatic carbocycles. The highest BCUT2D eigenvalue weighted by molar-refractivity contribution is 5.87. The molecule has 2 unspecified atom stereocenters. The van der Waals surface area contributed by atoms with Crippen LogP contribution in [0.15, 0.2) is 0 Å². The van der Waals surface area contributed by atoms with Crippen LogP contribution >= 0.6 is 0 Å². The van der Waals surface area contributed by atoms with E-state index in [1.807, 2.05) is 0 Å². The lowest BCUT2D eigenvalue weighted by Crippen LogP contribution is -2.52. The highest BCUT2D eigenvalue weighted by atomic mass is 16.3. The largest absolute Gasteiger partial charge is 0.396 e. The first-order chi connectivity index (χ1) is 10.9. The topological polar surface area (TPSA) is 77.8 Å². The van der Waals surface area contributed by atoms with Crippen LogP contribution in [0.5, 0.6) is 0 Å². The van der Waals surface area contributed by atoms with Crippen LogP contribution in [0.3, 0.4) is 0 Å². The summed E-state index contributed by atoms with van der Waals surface area (Å²) >= 11 is 0. The average molecular weight is 324 g/mol. The number of rotatable bonds is 3. The molecular weight excluding hydrogens is 292 g/mol. The molecular formula is C19H32O4. The standard InChI is InChI=1S/C19H32O4/c1-18(7-5-13(22)9-12(18)10-20)16-6-8-19(2)15(14(16)11-21)3-4-17(19)23/h12-16,20-22H,3-11H2,1-2H3/t12-,13+,14+,15?,16?,18+,19+/m1/s1. The van der Waals surface area contributed by atoms with E-state index in [-0.39, 0.29) is 47.9 Å². The fourth-order valence-electron chi connectivity index (χ4n) is 6.30. The summed E-state index contributed by atoms with van der Waals surface area (Å²) in [5.41, 5.74) is -0.294. The van der Waals surface area contributed by atoms with Gasteiger partial charge in [0.25, 0.3) is 0 Å². The van der Waals surface area contributed by atoms with E-state index in [1.54, 1.807) is 0 Å². The molecule has 3 aliphatic rings. The lowest BCUT2D eigenvalue weighted by molar-refractivity contribution is -0.138. The summed E-state index contributed by atoms with van der Waals surface area (Å²) in [4.78, 5) is 12.4. The summed E-state index contributed by atoms with van der Waals surface area (Å²) in [5.74, 6) is 1.23. The Balaban J connectivity index is 1.89. The van der Waals surface area contributed by atoms with Gasteiger partial charge in [-0.15, -0.1) is 0 Å². The fraction of sp³-hybridized carbons (Fsp3) is 0.947. The summed E-state index contributed by atoms with van der Waals surface area (Å²) in [6.07, 6.45) is 5.45. The maximum absolute atomic E-state index is 12.4. The van der Waals surface area contributed by atoms with Crippen LogP contribution in [0, 0.1) is 34.5 Å². The molecule has 0 aromatic rings. The third-order valence-electron chi connectivity index (χ3n) is 7.93. The lowest BCUT2D eigenvalue weighted by atomic mass is 9.49. The van der Waals surface area contributed by atoms with Gasteiger partial charge in [0.2, 0.25) is 0 Å². The molecule has 0 amide bonds. The first kappa shape index (κ1) is 17.4. The number of ketones is 1. The molecule has 0 spiro atoms. The Morgan fingerprint density at radius 1 is 1.04 bits per heavy atom. The molecule has 3 N–H and O–H groups in total. The van der Waals surface area contributed by atoms with Crippen molar-refractivity contribution in [1.82, 2.24) is 0 Å². The van der Waals surface area contributed by atoms with Gasteiger partial charge in [0.15, 0.2) is 0 Å². The molecule has 4 heteroatoms. The minimum absolute atomic E-state index is 0.0473. The maximum atomic E-state index is 12.4. The van der Waals surface area contributed by atoms with Gasteiger partial charge in [-0.3, -0.25) is 4.79 Å². The number of Topliss-reactive ketones (excluding diaryl/α,β-unsaturated/α-hetero) is 1. The maximum Gasteiger partial charge on any atom is 0.139 e. The minimum Gasteiger partial charge on any atom is -0.396 e. The molecule has 132 valence electrons. The van der Waals surface area contributed by atoms with Crippen LogP contribution in [0.2, 0.25) is 0 Å². The quantitative estimate of drug-likeness (QED) is 0.743. The van der Waals surface area contributed by atoms with Gasteiger partial charge in [-0.2, -0.15) is 0 Å². The third-order valence-corrected chi connectivity index (χ3v) is 7.93. The number of fused-ring (bicyclic) bond motifs is 1. The number of hydrogen-bond acceptors (Lipinski definition) is 4. The molecule has 3 fully saturated rings. The monoisotopic (exact) mass is 324 g/mol. The van der Waals surface area contributed by atoms with Crippen LogP contribution in [-0.2, 0) is 4.79 Å². The van der Waals surface area contributed by atoms with Crippen LogP contribution in [0.1, 0.15) is 58.8 Å². The molecule has 3 saturated carbocycles. The first-order valence-electron chi connectivity index (χ1n) is 9.30. The lowest BCUT2D eigenvalue weighted by Gasteiger charge is -2.55. The predicted molar refractivity (Wildman–Crippen MR) is 87.7 cm³/mol. The summed E-state index contributed by atoms with van der Waals surface area (Å²) < 4.78 is 0. The second kappa shape index (κ2) is 6.12. The summed E-state index contributed by atoms with van der Waals surface area (Å²) in [7, 11) is 0. The predicted octanol–water partition coefficient (Wildman–Crippen LogP) is 2.15. The van der Waals surface area contributed by atoms with Crippen molar-refractivity contribution < 1.29 is 20.1 Å². The van der Waals surface area contributed by atoms with Crippen molar-refractivity contribution in [1.29, 1.82) is 0 Å². The Morgan fingerprint density at radius 2 is 1.78 bits per heavy atom. The molecule has 0 radical (unpaired) electrons. The number of aliphatic hydroxyl groups is 3. The van der Waals surface area contributed by atoms with E-state index >= 15 is 0 Å². The normalized spacial score (nSPS) is 50.8. The zero-order valence-corrected chi connectivity index (χ0v) is 14.5. The highest BCUT2D eigenvalue weighted by Crippen LogP contribution is 2.61. The van der Waals surface area contributed by atoms with E-state index in [0.717, 1.165) is 32.1 Å². The van der Waals surface area contributed by atoms with Crippen LogP contribution < -0.4 is 0 Å². The molecule has 0 bridgehead atoms. The second-order valence-electron chi connectivity index (χ2n) is 8.79.